The number of esters is 2. The standard InChI is InChI=1S/C20H26N2O8/c1-4-5-14-15(19(24)28-2)10-16(20(25)29-3)30-17(14)11-21-18(23)12-6-8-13(9-7-12)22(26)27/h6-9,14-17H,4-5,10-11H2,1-3H3,(H,21,23). The van der Waals surface area contributed by atoms with Crippen molar-refractivity contribution in [2.24, 2.45) is 11.8 Å². The van der Waals surface area contributed by atoms with E-state index in [0.29, 0.717) is 6.42 Å². The maximum atomic E-state index is 12.5. The quantitative estimate of drug-likeness (QED) is 0.381. The summed E-state index contributed by atoms with van der Waals surface area (Å²) in [6.07, 6.45) is 0.0297. The third kappa shape index (κ3) is 5.53. The van der Waals surface area contributed by atoms with E-state index in [-0.39, 0.29) is 30.1 Å². The number of carbonyl (C=O) groups is 3. The van der Waals surface area contributed by atoms with Crippen LogP contribution in [0.2, 0.25) is 0 Å². The van der Waals surface area contributed by atoms with E-state index in [4.69, 9.17) is 14.2 Å². The van der Waals surface area contributed by atoms with Crippen molar-refractivity contribution in [1.82, 2.24) is 5.32 Å². The summed E-state index contributed by atoms with van der Waals surface area (Å²) >= 11 is 0. The summed E-state index contributed by atoms with van der Waals surface area (Å²) in [5, 5.41) is 13.5. The number of rotatable bonds is 8. The van der Waals surface area contributed by atoms with Gasteiger partial charge in [-0.1, -0.05) is 13.3 Å². The number of ether oxygens (including phenoxy) is 3. The first-order valence-electron chi connectivity index (χ1n) is 9.66. The molecule has 1 fully saturated rings. The second-order valence-corrected chi connectivity index (χ2v) is 7.02. The molecule has 164 valence electrons. The van der Waals surface area contributed by atoms with Gasteiger partial charge in [-0.25, -0.2) is 4.79 Å². The fraction of sp³-hybridized carbons (Fsp3) is 0.550. The first-order valence-corrected chi connectivity index (χ1v) is 9.66. The molecule has 10 heteroatoms. The fourth-order valence-electron chi connectivity index (χ4n) is 3.69. The van der Waals surface area contributed by atoms with E-state index in [1.807, 2.05) is 6.92 Å². The maximum Gasteiger partial charge on any atom is 0.335 e. The molecule has 1 saturated heterocycles. The summed E-state index contributed by atoms with van der Waals surface area (Å²) in [5.74, 6) is -2.28. The zero-order valence-corrected chi connectivity index (χ0v) is 17.2. The van der Waals surface area contributed by atoms with Crippen LogP contribution in [0.4, 0.5) is 5.69 Å². The van der Waals surface area contributed by atoms with Gasteiger partial charge in [-0.15, -0.1) is 0 Å². The van der Waals surface area contributed by atoms with Crippen LogP contribution < -0.4 is 5.32 Å². The Morgan fingerprint density at radius 3 is 2.33 bits per heavy atom. The number of hydrogen-bond donors (Lipinski definition) is 1. The Balaban J connectivity index is 2.15. The number of carbonyl (C=O) groups excluding carboxylic acids is 3. The third-order valence-electron chi connectivity index (χ3n) is 5.20. The first-order chi connectivity index (χ1) is 14.3. The van der Waals surface area contributed by atoms with Crippen LogP contribution in [0.3, 0.4) is 0 Å². The van der Waals surface area contributed by atoms with Gasteiger partial charge in [-0.05, 0) is 25.0 Å². The molecule has 1 aromatic carbocycles. The summed E-state index contributed by atoms with van der Waals surface area (Å²) < 4.78 is 15.6. The molecular formula is C20H26N2O8. The van der Waals surface area contributed by atoms with E-state index in [1.54, 1.807) is 0 Å². The molecule has 0 bridgehead atoms. The minimum atomic E-state index is -0.937. The molecule has 1 aliphatic heterocycles. The predicted octanol–water partition coefficient (Wildman–Crippen LogP) is 1.86. The lowest BCUT2D eigenvalue weighted by molar-refractivity contribution is -0.384. The lowest BCUT2D eigenvalue weighted by atomic mass is 9.78. The van der Waals surface area contributed by atoms with Crippen LogP contribution in [0.25, 0.3) is 0 Å². The number of methoxy groups -OCH3 is 2. The molecule has 1 heterocycles. The number of nitro benzene ring substituents is 1. The van der Waals surface area contributed by atoms with Gasteiger partial charge in [0.05, 0.1) is 31.2 Å². The molecule has 4 unspecified atom stereocenters. The largest absolute Gasteiger partial charge is 0.469 e. The van der Waals surface area contributed by atoms with Crippen molar-refractivity contribution in [2.45, 2.75) is 38.4 Å². The Kier molecular flexibility index (Phi) is 8.28. The lowest BCUT2D eigenvalue weighted by Gasteiger charge is -2.40. The summed E-state index contributed by atoms with van der Waals surface area (Å²) in [7, 11) is 2.53. The molecule has 1 N–H and O–H groups in total. The number of hydrogen-bond acceptors (Lipinski definition) is 8. The van der Waals surface area contributed by atoms with Gasteiger partial charge >= 0.3 is 11.9 Å². The fourth-order valence-corrected chi connectivity index (χ4v) is 3.69. The van der Waals surface area contributed by atoms with E-state index in [2.05, 4.69) is 5.32 Å². The van der Waals surface area contributed by atoms with E-state index >= 15 is 0 Å². The molecule has 1 aromatic rings. The molecule has 30 heavy (non-hydrogen) atoms. The minimum absolute atomic E-state index is 0.0570. The van der Waals surface area contributed by atoms with Crippen molar-refractivity contribution in [3.05, 3.63) is 39.9 Å². The zero-order chi connectivity index (χ0) is 22.3. The van der Waals surface area contributed by atoms with Crippen LogP contribution >= 0.6 is 0 Å². The molecule has 0 radical (unpaired) electrons. The summed E-state index contributed by atoms with van der Waals surface area (Å²) in [5.41, 5.74) is 0.129. The van der Waals surface area contributed by atoms with Crippen molar-refractivity contribution >= 4 is 23.5 Å². The van der Waals surface area contributed by atoms with E-state index in [9.17, 15) is 24.5 Å². The highest BCUT2D eigenvalue weighted by molar-refractivity contribution is 5.94. The molecule has 2 rings (SSSR count). The van der Waals surface area contributed by atoms with Crippen molar-refractivity contribution in [3.8, 4) is 0 Å². The summed E-state index contributed by atoms with van der Waals surface area (Å²) in [6.45, 7) is 2.02. The Hall–Kier alpha value is -3.01. The Morgan fingerprint density at radius 1 is 1.17 bits per heavy atom. The second kappa shape index (κ2) is 10.7. The second-order valence-electron chi connectivity index (χ2n) is 7.02. The van der Waals surface area contributed by atoms with Gasteiger partial charge < -0.3 is 19.5 Å². The molecular weight excluding hydrogens is 396 g/mol. The number of non-ortho nitro benzene ring substituents is 1. The van der Waals surface area contributed by atoms with Gasteiger partial charge in [-0.3, -0.25) is 19.7 Å². The Morgan fingerprint density at radius 2 is 1.80 bits per heavy atom. The molecule has 0 saturated carbocycles. The molecule has 10 nitrogen and oxygen atoms in total. The smallest absolute Gasteiger partial charge is 0.335 e. The van der Waals surface area contributed by atoms with Crippen LogP contribution in [-0.2, 0) is 23.8 Å². The lowest BCUT2D eigenvalue weighted by Crippen LogP contribution is -2.51. The zero-order valence-electron chi connectivity index (χ0n) is 17.2. The number of nitrogens with one attached hydrogen (secondary N) is 1. The highest BCUT2D eigenvalue weighted by Gasteiger charge is 2.45. The van der Waals surface area contributed by atoms with Gasteiger partial charge in [0.2, 0.25) is 0 Å². The van der Waals surface area contributed by atoms with Crippen LogP contribution in [-0.4, -0.2) is 55.7 Å². The maximum absolute atomic E-state index is 12.5. The average molecular weight is 422 g/mol. The molecule has 4 atom stereocenters. The van der Waals surface area contributed by atoms with Gasteiger partial charge in [0.15, 0.2) is 6.10 Å². The topological polar surface area (TPSA) is 134 Å². The molecule has 1 amide bonds. The van der Waals surface area contributed by atoms with Crippen LogP contribution in [0.1, 0.15) is 36.5 Å². The van der Waals surface area contributed by atoms with Crippen molar-refractivity contribution in [3.63, 3.8) is 0 Å². The normalized spacial score (nSPS) is 23.3. The van der Waals surface area contributed by atoms with Crippen LogP contribution in [0.15, 0.2) is 24.3 Å². The summed E-state index contributed by atoms with van der Waals surface area (Å²) in [6, 6.07) is 5.19. The van der Waals surface area contributed by atoms with Gasteiger partial charge in [0.1, 0.15) is 0 Å². The monoisotopic (exact) mass is 422 g/mol. The van der Waals surface area contributed by atoms with Crippen molar-refractivity contribution in [2.75, 3.05) is 20.8 Å². The van der Waals surface area contributed by atoms with Gasteiger partial charge in [0.25, 0.3) is 11.6 Å². The number of amides is 1. The number of nitro groups is 1. The average Bonchev–Trinajstić information content (AvgIpc) is 2.76. The van der Waals surface area contributed by atoms with Crippen LogP contribution in [0.5, 0.6) is 0 Å². The van der Waals surface area contributed by atoms with Gasteiger partial charge in [0, 0.05) is 30.2 Å². The van der Waals surface area contributed by atoms with Gasteiger partial charge in [-0.2, -0.15) is 0 Å². The van der Waals surface area contributed by atoms with Crippen LogP contribution in [0, 0.1) is 22.0 Å². The predicted molar refractivity (Wildman–Crippen MR) is 105 cm³/mol. The minimum Gasteiger partial charge on any atom is -0.469 e. The van der Waals surface area contributed by atoms with E-state index in [1.165, 1.54) is 38.5 Å². The first kappa shape index (κ1) is 23.3. The molecule has 0 spiro atoms. The van der Waals surface area contributed by atoms with Crippen molar-refractivity contribution < 1.29 is 33.5 Å². The Labute approximate surface area is 174 Å². The molecule has 0 aromatic heterocycles. The van der Waals surface area contributed by atoms with E-state index in [0.717, 1.165) is 6.42 Å². The molecule has 0 aliphatic carbocycles. The van der Waals surface area contributed by atoms with Crippen molar-refractivity contribution in [1.29, 1.82) is 0 Å². The SMILES string of the molecule is CCCC1C(CNC(=O)c2ccc([N+](=O)[O-])cc2)OC(C(=O)OC)CC1C(=O)OC. The summed E-state index contributed by atoms with van der Waals surface area (Å²) in [4.78, 5) is 47.0. The molecule has 1 aliphatic rings. The van der Waals surface area contributed by atoms with E-state index < -0.39 is 40.9 Å². The number of benzene rings is 1. The highest BCUT2D eigenvalue weighted by Crippen LogP contribution is 2.35. The Bertz CT molecular complexity index is 780. The number of nitrogens with zero attached hydrogens (tertiary/aromatic N) is 1. The third-order valence-corrected chi connectivity index (χ3v) is 5.20. The highest BCUT2D eigenvalue weighted by atomic mass is 16.6.